The minimum absolute atomic E-state index is 0.627. The van der Waals surface area contributed by atoms with Crippen molar-refractivity contribution in [1.29, 1.82) is 0 Å². The van der Waals surface area contributed by atoms with Gasteiger partial charge in [-0.3, -0.25) is 0 Å². The molecule has 0 saturated heterocycles. The number of hydrogen-bond acceptors (Lipinski definition) is 2. The molecule has 0 saturated carbocycles. The molecule has 0 aliphatic rings. The molecule has 0 spiro atoms. The molecule has 3 heteroatoms. The fourth-order valence-corrected chi connectivity index (χ4v) is 2.70. The number of pyridine rings is 1. The molecule has 0 fully saturated rings. The van der Waals surface area contributed by atoms with Crippen LogP contribution in [0.4, 0.5) is 0 Å². The standard InChI is InChI=1S/C18H21N3/c1-3-14-4-6-15(7-5-14)18-16(8-10-19)21-11-9-13(2)12-17(21)20-18/h4-7,9,11-12H,3,8,10,19H2,1-2H3. The van der Waals surface area contributed by atoms with Crippen LogP contribution < -0.4 is 5.73 Å². The van der Waals surface area contributed by atoms with E-state index in [1.807, 2.05) is 0 Å². The average Bonchev–Trinajstić information content (AvgIpc) is 2.85. The van der Waals surface area contributed by atoms with E-state index >= 15 is 0 Å². The van der Waals surface area contributed by atoms with Crippen molar-refractivity contribution in [3.05, 3.63) is 59.4 Å². The van der Waals surface area contributed by atoms with Gasteiger partial charge in [-0.1, -0.05) is 31.2 Å². The first kappa shape index (κ1) is 13.8. The van der Waals surface area contributed by atoms with E-state index < -0.39 is 0 Å². The summed E-state index contributed by atoms with van der Waals surface area (Å²) < 4.78 is 2.16. The number of benzene rings is 1. The highest BCUT2D eigenvalue weighted by Crippen LogP contribution is 2.25. The third-order valence-corrected chi connectivity index (χ3v) is 3.90. The maximum Gasteiger partial charge on any atom is 0.137 e. The van der Waals surface area contributed by atoms with Crippen molar-refractivity contribution in [3.8, 4) is 11.3 Å². The molecule has 3 aromatic rings. The topological polar surface area (TPSA) is 43.3 Å². The highest BCUT2D eigenvalue weighted by molar-refractivity contribution is 5.67. The van der Waals surface area contributed by atoms with E-state index in [-0.39, 0.29) is 0 Å². The Balaban J connectivity index is 2.17. The van der Waals surface area contributed by atoms with Crippen LogP contribution in [0.1, 0.15) is 23.7 Å². The van der Waals surface area contributed by atoms with Crippen LogP contribution in [0.25, 0.3) is 16.9 Å². The lowest BCUT2D eigenvalue weighted by molar-refractivity contribution is 0.906. The zero-order valence-electron chi connectivity index (χ0n) is 12.6. The zero-order chi connectivity index (χ0) is 14.8. The number of aromatic nitrogens is 2. The second kappa shape index (κ2) is 5.70. The Morgan fingerprint density at radius 1 is 1.14 bits per heavy atom. The molecule has 0 amide bonds. The highest BCUT2D eigenvalue weighted by Gasteiger charge is 2.13. The molecule has 2 aromatic heterocycles. The first-order chi connectivity index (χ1) is 10.2. The lowest BCUT2D eigenvalue weighted by Crippen LogP contribution is -2.06. The van der Waals surface area contributed by atoms with Crippen LogP contribution in [0.2, 0.25) is 0 Å². The van der Waals surface area contributed by atoms with Gasteiger partial charge in [0, 0.05) is 18.2 Å². The highest BCUT2D eigenvalue weighted by atomic mass is 15.0. The molecule has 2 heterocycles. The lowest BCUT2D eigenvalue weighted by atomic mass is 10.1. The Kier molecular flexibility index (Phi) is 3.76. The number of hydrogen-bond donors (Lipinski definition) is 1. The van der Waals surface area contributed by atoms with E-state index in [1.54, 1.807) is 0 Å². The summed E-state index contributed by atoms with van der Waals surface area (Å²) in [5.41, 5.74) is 12.8. The van der Waals surface area contributed by atoms with Crippen LogP contribution in [0, 0.1) is 6.92 Å². The summed E-state index contributed by atoms with van der Waals surface area (Å²) in [7, 11) is 0. The van der Waals surface area contributed by atoms with Gasteiger partial charge in [-0.15, -0.1) is 0 Å². The number of fused-ring (bicyclic) bond motifs is 1. The third kappa shape index (κ3) is 2.57. The predicted molar refractivity (Wildman–Crippen MR) is 87.5 cm³/mol. The van der Waals surface area contributed by atoms with Crippen molar-refractivity contribution in [1.82, 2.24) is 9.38 Å². The van der Waals surface area contributed by atoms with E-state index in [4.69, 9.17) is 10.7 Å². The maximum atomic E-state index is 5.79. The van der Waals surface area contributed by atoms with E-state index in [2.05, 4.69) is 60.8 Å². The van der Waals surface area contributed by atoms with Gasteiger partial charge in [0.25, 0.3) is 0 Å². The Labute approximate surface area is 125 Å². The van der Waals surface area contributed by atoms with Gasteiger partial charge in [-0.25, -0.2) is 4.98 Å². The Morgan fingerprint density at radius 2 is 1.90 bits per heavy atom. The van der Waals surface area contributed by atoms with Crippen molar-refractivity contribution >= 4 is 5.65 Å². The molecule has 0 unspecified atom stereocenters. The van der Waals surface area contributed by atoms with Crippen molar-refractivity contribution in [2.45, 2.75) is 26.7 Å². The van der Waals surface area contributed by atoms with Crippen LogP contribution in [0.5, 0.6) is 0 Å². The summed E-state index contributed by atoms with van der Waals surface area (Å²) in [4.78, 5) is 4.83. The second-order valence-electron chi connectivity index (χ2n) is 5.43. The minimum atomic E-state index is 0.627. The number of rotatable bonds is 4. The van der Waals surface area contributed by atoms with Gasteiger partial charge in [0.15, 0.2) is 0 Å². The van der Waals surface area contributed by atoms with E-state index in [1.165, 1.54) is 16.8 Å². The van der Waals surface area contributed by atoms with Crippen LogP contribution in [0.15, 0.2) is 42.6 Å². The molecule has 1 aromatic carbocycles. The normalized spacial score (nSPS) is 11.2. The molecule has 2 N–H and O–H groups in total. The van der Waals surface area contributed by atoms with Gasteiger partial charge in [-0.2, -0.15) is 0 Å². The second-order valence-corrected chi connectivity index (χ2v) is 5.43. The molecule has 3 nitrogen and oxygen atoms in total. The van der Waals surface area contributed by atoms with Gasteiger partial charge in [0.05, 0.1) is 11.4 Å². The Bertz CT molecular complexity index is 754. The molecular formula is C18H21N3. The summed E-state index contributed by atoms with van der Waals surface area (Å²) in [5, 5.41) is 0. The van der Waals surface area contributed by atoms with E-state index in [0.29, 0.717) is 6.54 Å². The quantitative estimate of drug-likeness (QED) is 0.795. The summed E-state index contributed by atoms with van der Waals surface area (Å²) >= 11 is 0. The average molecular weight is 279 g/mol. The fraction of sp³-hybridized carbons (Fsp3) is 0.278. The number of imidazole rings is 1. The molecule has 0 radical (unpaired) electrons. The maximum absolute atomic E-state index is 5.79. The molecule has 0 atom stereocenters. The predicted octanol–water partition coefficient (Wildman–Crippen LogP) is 3.37. The molecule has 0 bridgehead atoms. The first-order valence-corrected chi connectivity index (χ1v) is 7.50. The largest absolute Gasteiger partial charge is 0.330 e. The summed E-state index contributed by atoms with van der Waals surface area (Å²) in [6, 6.07) is 12.9. The number of nitrogens with zero attached hydrogens (tertiary/aromatic N) is 2. The van der Waals surface area contributed by atoms with E-state index in [9.17, 15) is 0 Å². The molecule has 3 rings (SSSR count). The third-order valence-electron chi connectivity index (χ3n) is 3.90. The first-order valence-electron chi connectivity index (χ1n) is 7.50. The lowest BCUT2D eigenvalue weighted by Gasteiger charge is -2.05. The van der Waals surface area contributed by atoms with Crippen LogP contribution in [-0.2, 0) is 12.8 Å². The molecule has 21 heavy (non-hydrogen) atoms. The number of aryl methyl sites for hydroxylation is 2. The van der Waals surface area contributed by atoms with Gasteiger partial charge >= 0.3 is 0 Å². The SMILES string of the molecule is CCc1ccc(-c2nc3cc(C)ccn3c2CCN)cc1. The van der Waals surface area contributed by atoms with Crippen molar-refractivity contribution in [2.24, 2.45) is 5.73 Å². The molecule has 108 valence electrons. The van der Waals surface area contributed by atoms with Crippen molar-refractivity contribution in [3.63, 3.8) is 0 Å². The molecule has 0 aliphatic carbocycles. The molecule has 0 aliphatic heterocycles. The summed E-state index contributed by atoms with van der Waals surface area (Å²) in [6.45, 7) is 4.89. The Hall–Kier alpha value is -2.13. The van der Waals surface area contributed by atoms with Gasteiger partial charge < -0.3 is 10.1 Å². The Morgan fingerprint density at radius 3 is 2.57 bits per heavy atom. The van der Waals surface area contributed by atoms with Crippen LogP contribution in [-0.4, -0.2) is 15.9 Å². The minimum Gasteiger partial charge on any atom is -0.330 e. The van der Waals surface area contributed by atoms with Crippen LogP contribution in [0.3, 0.4) is 0 Å². The van der Waals surface area contributed by atoms with Gasteiger partial charge in [0.2, 0.25) is 0 Å². The summed E-state index contributed by atoms with van der Waals surface area (Å²) in [5.74, 6) is 0. The van der Waals surface area contributed by atoms with Crippen LogP contribution >= 0.6 is 0 Å². The fourth-order valence-electron chi connectivity index (χ4n) is 2.70. The van der Waals surface area contributed by atoms with Crippen molar-refractivity contribution in [2.75, 3.05) is 6.54 Å². The zero-order valence-corrected chi connectivity index (χ0v) is 12.6. The summed E-state index contributed by atoms with van der Waals surface area (Å²) in [6.07, 6.45) is 3.97. The monoisotopic (exact) mass is 279 g/mol. The smallest absolute Gasteiger partial charge is 0.137 e. The molecular weight excluding hydrogens is 258 g/mol. The van der Waals surface area contributed by atoms with Gasteiger partial charge in [0.1, 0.15) is 5.65 Å². The van der Waals surface area contributed by atoms with E-state index in [0.717, 1.165) is 29.7 Å². The number of nitrogens with two attached hydrogens (primary N) is 1. The van der Waals surface area contributed by atoms with Crippen molar-refractivity contribution < 1.29 is 0 Å². The van der Waals surface area contributed by atoms with Gasteiger partial charge in [-0.05, 0) is 43.1 Å².